The molecule has 9 heteroatoms. The van der Waals surface area contributed by atoms with E-state index < -0.39 is 11.8 Å². The second-order valence-corrected chi connectivity index (χ2v) is 8.33. The largest absolute Gasteiger partial charge is 0.491 e. The maximum atomic E-state index is 13.8. The van der Waals surface area contributed by atoms with Crippen LogP contribution in [0.2, 0.25) is 0 Å². The zero-order valence-electron chi connectivity index (χ0n) is 19.4. The number of likely N-dealkylation sites (N-methyl/N-ethyl adjacent to an activating group) is 1. The molecule has 1 heterocycles. The van der Waals surface area contributed by atoms with E-state index in [2.05, 4.69) is 22.9 Å². The third kappa shape index (κ3) is 6.43. The fourth-order valence-corrected chi connectivity index (χ4v) is 3.58. The van der Waals surface area contributed by atoms with Crippen LogP contribution < -0.4 is 20.7 Å². The van der Waals surface area contributed by atoms with Gasteiger partial charge in [-0.3, -0.25) is 4.79 Å². The molecular weight excluding hydrogens is 427 g/mol. The number of para-hydroxylation sites is 1. The molecule has 3 amide bonds. The van der Waals surface area contributed by atoms with Gasteiger partial charge in [-0.2, -0.15) is 0 Å². The Labute approximate surface area is 193 Å². The molecule has 0 aromatic heterocycles. The number of fused-ring (bicyclic) bond motifs is 1. The molecule has 3 N–H and O–H groups in total. The van der Waals surface area contributed by atoms with E-state index in [1.165, 1.54) is 12.1 Å². The molecule has 0 saturated carbocycles. The average Bonchev–Trinajstić information content (AvgIpc) is 2.80. The van der Waals surface area contributed by atoms with Gasteiger partial charge in [-0.25, -0.2) is 9.18 Å². The van der Waals surface area contributed by atoms with Crippen molar-refractivity contribution in [2.75, 3.05) is 44.5 Å². The Morgan fingerprint density at radius 3 is 2.70 bits per heavy atom. The van der Waals surface area contributed by atoms with Gasteiger partial charge in [0.2, 0.25) is 0 Å². The molecule has 0 unspecified atom stereocenters. The second-order valence-electron chi connectivity index (χ2n) is 8.33. The van der Waals surface area contributed by atoms with Gasteiger partial charge in [-0.1, -0.05) is 19.1 Å². The summed E-state index contributed by atoms with van der Waals surface area (Å²) in [6, 6.07) is 10.1. The molecular formula is C24H31FN4O4. The summed E-state index contributed by atoms with van der Waals surface area (Å²) in [4.78, 5) is 27.1. The predicted octanol–water partition coefficient (Wildman–Crippen LogP) is 3.56. The molecule has 1 aliphatic heterocycles. The van der Waals surface area contributed by atoms with E-state index in [1.807, 2.05) is 6.92 Å². The number of methoxy groups -OCH3 is 1. The smallest absolute Gasteiger partial charge is 0.323 e. The van der Waals surface area contributed by atoms with Crippen molar-refractivity contribution in [3.05, 3.63) is 53.8 Å². The van der Waals surface area contributed by atoms with Gasteiger partial charge >= 0.3 is 6.03 Å². The maximum Gasteiger partial charge on any atom is 0.323 e. The van der Waals surface area contributed by atoms with Gasteiger partial charge in [0, 0.05) is 45.0 Å². The molecule has 0 saturated heterocycles. The van der Waals surface area contributed by atoms with E-state index in [-0.39, 0.29) is 29.7 Å². The number of anilines is 2. The zero-order chi connectivity index (χ0) is 24.0. The molecule has 8 nitrogen and oxygen atoms in total. The second kappa shape index (κ2) is 11.1. The van der Waals surface area contributed by atoms with Crippen molar-refractivity contribution in [3.8, 4) is 5.75 Å². The van der Waals surface area contributed by atoms with Crippen LogP contribution >= 0.6 is 0 Å². The number of amides is 3. The van der Waals surface area contributed by atoms with E-state index in [0.29, 0.717) is 30.2 Å². The van der Waals surface area contributed by atoms with Crippen LogP contribution in [-0.4, -0.2) is 62.8 Å². The number of hydrogen-bond acceptors (Lipinski definition) is 5. The lowest BCUT2D eigenvalue weighted by atomic mass is 10.0. The summed E-state index contributed by atoms with van der Waals surface area (Å²) in [6.07, 6.45) is -0.120. The molecule has 3 rings (SSSR count). The van der Waals surface area contributed by atoms with Gasteiger partial charge in [0.25, 0.3) is 5.91 Å². The van der Waals surface area contributed by atoms with Crippen molar-refractivity contribution in [1.29, 1.82) is 0 Å². The van der Waals surface area contributed by atoms with Gasteiger partial charge in [0.15, 0.2) is 0 Å². The summed E-state index contributed by atoms with van der Waals surface area (Å²) < 4.78 is 25.4. The van der Waals surface area contributed by atoms with Crippen LogP contribution in [0.1, 0.15) is 24.2 Å². The first kappa shape index (κ1) is 24.5. The minimum atomic E-state index is -0.608. The van der Waals surface area contributed by atoms with Crippen molar-refractivity contribution < 1.29 is 23.5 Å². The normalized spacial score (nSPS) is 21.8. The topological polar surface area (TPSA) is 91.9 Å². The molecule has 2 aromatic rings. The monoisotopic (exact) mass is 458 g/mol. The molecule has 2 aromatic carbocycles. The lowest BCUT2D eigenvalue weighted by Crippen LogP contribution is -2.44. The number of nitrogens with zero attached hydrogens (tertiary/aromatic N) is 1. The highest BCUT2D eigenvalue weighted by molar-refractivity contribution is 6.01. The summed E-state index contributed by atoms with van der Waals surface area (Å²) in [6.45, 7) is 5.56. The van der Waals surface area contributed by atoms with Gasteiger partial charge < -0.3 is 30.3 Å². The Morgan fingerprint density at radius 2 is 1.97 bits per heavy atom. The molecule has 0 bridgehead atoms. The van der Waals surface area contributed by atoms with Gasteiger partial charge in [0.05, 0.1) is 17.4 Å². The molecule has 1 aliphatic rings. The average molecular weight is 459 g/mol. The first-order valence-corrected chi connectivity index (χ1v) is 10.9. The van der Waals surface area contributed by atoms with E-state index >= 15 is 0 Å². The fraction of sp³-hybridized carbons (Fsp3) is 0.417. The summed E-state index contributed by atoms with van der Waals surface area (Å²) in [5.74, 6) is -0.187. The highest BCUT2D eigenvalue weighted by atomic mass is 19.1. The highest BCUT2D eigenvalue weighted by Gasteiger charge is 2.25. The van der Waals surface area contributed by atoms with Crippen molar-refractivity contribution in [2.24, 2.45) is 5.92 Å². The van der Waals surface area contributed by atoms with E-state index in [4.69, 9.17) is 9.47 Å². The minimum absolute atomic E-state index is 0.0334. The Balaban J connectivity index is 1.81. The molecule has 178 valence electrons. The molecule has 0 fully saturated rings. The first-order valence-electron chi connectivity index (χ1n) is 10.9. The van der Waals surface area contributed by atoms with Crippen LogP contribution in [0, 0.1) is 11.7 Å². The van der Waals surface area contributed by atoms with Crippen molar-refractivity contribution in [1.82, 2.24) is 10.2 Å². The lowest BCUT2D eigenvalue weighted by molar-refractivity contribution is 0.0281. The Morgan fingerprint density at radius 1 is 1.21 bits per heavy atom. The maximum absolute atomic E-state index is 13.8. The van der Waals surface area contributed by atoms with Crippen LogP contribution in [0.25, 0.3) is 0 Å². The van der Waals surface area contributed by atoms with Crippen LogP contribution in [0.4, 0.5) is 20.6 Å². The van der Waals surface area contributed by atoms with E-state index in [1.54, 1.807) is 49.4 Å². The standard InChI is InChI=1S/C24H31FN4O4/c1-15-12-26-16(2)14-33-21-11-17(27-24(31)28-20-8-6-5-7-19(20)25)9-10-18(21)23(30)29(3)13-22(15)32-4/h5-11,15-16,22,26H,12-14H2,1-4H3,(H2,27,28,31)/t15-,16+,22-/m0/s1. The third-order valence-corrected chi connectivity index (χ3v) is 5.61. The number of nitrogens with one attached hydrogen (secondary N) is 3. The quantitative estimate of drug-likeness (QED) is 0.654. The summed E-state index contributed by atoms with van der Waals surface area (Å²) in [7, 11) is 3.37. The molecule has 3 atom stereocenters. The number of carbonyl (C=O) groups is 2. The van der Waals surface area contributed by atoms with Gasteiger partial charge in [-0.05, 0) is 37.1 Å². The number of urea groups is 1. The Hall–Kier alpha value is -3.17. The zero-order valence-corrected chi connectivity index (χ0v) is 19.4. The third-order valence-electron chi connectivity index (χ3n) is 5.61. The number of halogens is 1. The van der Waals surface area contributed by atoms with Crippen LogP contribution in [0.15, 0.2) is 42.5 Å². The van der Waals surface area contributed by atoms with E-state index in [0.717, 1.165) is 6.54 Å². The van der Waals surface area contributed by atoms with E-state index in [9.17, 15) is 14.0 Å². The number of rotatable bonds is 3. The molecule has 0 radical (unpaired) electrons. The Bertz CT molecular complexity index is 987. The predicted molar refractivity (Wildman–Crippen MR) is 125 cm³/mol. The summed E-state index contributed by atoms with van der Waals surface area (Å²) >= 11 is 0. The first-order chi connectivity index (χ1) is 15.8. The fourth-order valence-electron chi connectivity index (χ4n) is 3.58. The molecule has 0 spiro atoms. The van der Waals surface area contributed by atoms with Crippen molar-refractivity contribution in [3.63, 3.8) is 0 Å². The summed E-state index contributed by atoms with van der Waals surface area (Å²) in [5.41, 5.74) is 0.859. The Kier molecular flexibility index (Phi) is 8.24. The SMILES string of the molecule is CO[C@H]1CN(C)C(=O)c2ccc(NC(=O)Nc3ccccc3F)cc2OC[C@@H](C)NC[C@@H]1C. The number of hydrogen-bond donors (Lipinski definition) is 3. The highest BCUT2D eigenvalue weighted by Crippen LogP contribution is 2.26. The van der Waals surface area contributed by atoms with Crippen LogP contribution in [0.3, 0.4) is 0 Å². The van der Waals surface area contributed by atoms with Crippen LogP contribution in [-0.2, 0) is 4.74 Å². The van der Waals surface area contributed by atoms with Crippen molar-refractivity contribution in [2.45, 2.75) is 26.0 Å². The number of ether oxygens (including phenoxy) is 2. The number of benzene rings is 2. The molecule has 0 aliphatic carbocycles. The number of carbonyl (C=O) groups excluding carboxylic acids is 2. The minimum Gasteiger partial charge on any atom is -0.491 e. The van der Waals surface area contributed by atoms with Gasteiger partial charge in [-0.15, -0.1) is 0 Å². The van der Waals surface area contributed by atoms with Gasteiger partial charge in [0.1, 0.15) is 18.2 Å². The van der Waals surface area contributed by atoms with Crippen LogP contribution in [0.5, 0.6) is 5.75 Å². The summed E-state index contributed by atoms with van der Waals surface area (Å²) in [5, 5.41) is 8.55. The van der Waals surface area contributed by atoms with Crippen molar-refractivity contribution >= 4 is 23.3 Å². The molecule has 33 heavy (non-hydrogen) atoms. The lowest BCUT2D eigenvalue weighted by Gasteiger charge is -2.30.